The molecular weight excluding hydrogens is 280 g/mol. The molecule has 0 saturated carbocycles. The Morgan fingerprint density at radius 2 is 2.05 bits per heavy atom. The van der Waals surface area contributed by atoms with E-state index in [-0.39, 0.29) is 17.9 Å². The lowest BCUT2D eigenvalue weighted by Gasteiger charge is -2.23. The first-order valence-corrected chi connectivity index (χ1v) is 7.29. The second-order valence-electron chi connectivity index (χ2n) is 6.08. The lowest BCUT2D eigenvalue weighted by molar-refractivity contribution is 0.0927. The Morgan fingerprint density at radius 1 is 1.36 bits per heavy atom. The van der Waals surface area contributed by atoms with Crippen LogP contribution in [0.1, 0.15) is 36.3 Å². The number of nitrogens with zero attached hydrogens (tertiary/aromatic N) is 3. The van der Waals surface area contributed by atoms with Gasteiger partial charge in [-0.15, -0.1) is 0 Å². The average Bonchev–Trinajstić information content (AvgIpc) is 2.87. The van der Waals surface area contributed by atoms with E-state index in [2.05, 4.69) is 15.4 Å². The first-order valence-electron chi connectivity index (χ1n) is 7.29. The predicted octanol–water partition coefficient (Wildman–Crippen LogP) is 1.71. The summed E-state index contributed by atoms with van der Waals surface area (Å²) in [6.07, 6.45) is 5.59. The zero-order valence-electron chi connectivity index (χ0n) is 13.2. The highest BCUT2D eigenvalue weighted by molar-refractivity contribution is 5.95. The Kier molecular flexibility index (Phi) is 4.92. The molecule has 22 heavy (non-hydrogen) atoms. The second-order valence-corrected chi connectivity index (χ2v) is 6.08. The molecule has 2 heterocycles. The maximum absolute atomic E-state index is 12.3. The van der Waals surface area contributed by atoms with Crippen LogP contribution in [-0.4, -0.2) is 38.9 Å². The van der Waals surface area contributed by atoms with Crippen molar-refractivity contribution < 1.29 is 9.90 Å². The number of carbonyl (C=O) groups excluding carboxylic acids is 1. The molecule has 0 aliphatic heterocycles. The third kappa shape index (κ3) is 3.71. The first-order chi connectivity index (χ1) is 10.4. The quantitative estimate of drug-likeness (QED) is 0.851. The molecule has 0 unspecified atom stereocenters. The summed E-state index contributed by atoms with van der Waals surface area (Å²) in [5.74, 6) is -0.149. The molecule has 0 atom stereocenters. The van der Waals surface area contributed by atoms with Crippen LogP contribution in [0, 0.1) is 12.3 Å². The molecule has 2 rings (SSSR count). The van der Waals surface area contributed by atoms with Crippen LogP contribution in [0.5, 0.6) is 0 Å². The Balaban J connectivity index is 2.10. The van der Waals surface area contributed by atoms with E-state index in [4.69, 9.17) is 5.11 Å². The van der Waals surface area contributed by atoms with E-state index in [0.717, 1.165) is 11.4 Å². The smallest absolute Gasteiger partial charge is 0.254 e. The fourth-order valence-electron chi connectivity index (χ4n) is 2.18. The van der Waals surface area contributed by atoms with E-state index < -0.39 is 0 Å². The highest BCUT2D eigenvalue weighted by atomic mass is 16.3. The first kappa shape index (κ1) is 16.2. The van der Waals surface area contributed by atoms with Crippen molar-refractivity contribution in [3.05, 3.63) is 42.0 Å². The number of aromatic nitrogens is 3. The van der Waals surface area contributed by atoms with Crippen molar-refractivity contribution in [3.63, 3.8) is 0 Å². The summed E-state index contributed by atoms with van der Waals surface area (Å²) >= 11 is 0. The monoisotopic (exact) mass is 302 g/mol. The number of carbonyl (C=O) groups is 1. The summed E-state index contributed by atoms with van der Waals surface area (Å²) in [4.78, 5) is 16.3. The molecule has 118 valence electrons. The van der Waals surface area contributed by atoms with Gasteiger partial charge in [0.15, 0.2) is 0 Å². The minimum atomic E-state index is -0.149. The normalized spacial score (nSPS) is 11.5. The van der Waals surface area contributed by atoms with Crippen LogP contribution in [0.25, 0.3) is 5.69 Å². The Labute approximate surface area is 130 Å². The SMILES string of the molecule is Cc1c(C(=O)NCC(C)(C)CCO)cnn1-c1ccncc1. The molecule has 2 N–H and O–H groups in total. The summed E-state index contributed by atoms with van der Waals surface area (Å²) in [6, 6.07) is 3.68. The van der Waals surface area contributed by atoms with E-state index in [1.54, 1.807) is 23.3 Å². The van der Waals surface area contributed by atoms with Crippen molar-refractivity contribution in [2.75, 3.05) is 13.2 Å². The van der Waals surface area contributed by atoms with Crippen molar-refractivity contribution >= 4 is 5.91 Å². The number of hydrogen-bond acceptors (Lipinski definition) is 4. The van der Waals surface area contributed by atoms with Crippen LogP contribution in [0.3, 0.4) is 0 Å². The van der Waals surface area contributed by atoms with Gasteiger partial charge >= 0.3 is 0 Å². The highest BCUT2D eigenvalue weighted by Gasteiger charge is 2.20. The second kappa shape index (κ2) is 6.70. The number of hydrogen-bond donors (Lipinski definition) is 2. The average molecular weight is 302 g/mol. The summed E-state index contributed by atoms with van der Waals surface area (Å²) in [6.45, 7) is 6.50. The Bertz CT molecular complexity index is 635. The zero-order chi connectivity index (χ0) is 16.2. The van der Waals surface area contributed by atoms with Gasteiger partial charge in [-0.3, -0.25) is 9.78 Å². The molecule has 0 saturated heterocycles. The van der Waals surface area contributed by atoms with E-state index >= 15 is 0 Å². The van der Waals surface area contributed by atoms with Crippen molar-refractivity contribution in [1.82, 2.24) is 20.1 Å². The third-order valence-corrected chi connectivity index (χ3v) is 3.68. The fraction of sp³-hybridized carbons (Fsp3) is 0.438. The third-order valence-electron chi connectivity index (χ3n) is 3.68. The van der Waals surface area contributed by atoms with Crippen LogP contribution in [0.15, 0.2) is 30.7 Å². The molecule has 6 nitrogen and oxygen atoms in total. The topological polar surface area (TPSA) is 80.0 Å². The van der Waals surface area contributed by atoms with Gasteiger partial charge in [-0.05, 0) is 30.9 Å². The van der Waals surface area contributed by atoms with Crippen LogP contribution >= 0.6 is 0 Å². The van der Waals surface area contributed by atoms with Gasteiger partial charge in [0.2, 0.25) is 0 Å². The molecule has 0 bridgehead atoms. The van der Waals surface area contributed by atoms with E-state index in [1.807, 2.05) is 32.9 Å². The number of nitrogens with one attached hydrogen (secondary N) is 1. The molecule has 6 heteroatoms. The predicted molar refractivity (Wildman–Crippen MR) is 83.9 cm³/mol. The Hall–Kier alpha value is -2.21. The molecule has 0 spiro atoms. The molecule has 2 aromatic heterocycles. The van der Waals surface area contributed by atoms with Gasteiger partial charge in [0.25, 0.3) is 5.91 Å². The molecule has 1 amide bonds. The maximum Gasteiger partial charge on any atom is 0.254 e. The van der Waals surface area contributed by atoms with Gasteiger partial charge in [0.05, 0.1) is 23.1 Å². The van der Waals surface area contributed by atoms with Gasteiger partial charge < -0.3 is 10.4 Å². The van der Waals surface area contributed by atoms with Crippen LogP contribution in [0.2, 0.25) is 0 Å². The number of aliphatic hydroxyl groups excluding tert-OH is 1. The van der Waals surface area contributed by atoms with Crippen LogP contribution in [0.4, 0.5) is 0 Å². The van der Waals surface area contributed by atoms with Gasteiger partial charge in [-0.2, -0.15) is 5.10 Å². The minimum absolute atomic E-state index is 0.113. The Morgan fingerprint density at radius 3 is 2.68 bits per heavy atom. The number of amides is 1. The van der Waals surface area contributed by atoms with Crippen molar-refractivity contribution in [2.45, 2.75) is 27.2 Å². The van der Waals surface area contributed by atoms with E-state index in [0.29, 0.717) is 18.5 Å². The molecular formula is C16H22N4O2. The van der Waals surface area contributed by atoms with Crippen molar-refractivity contribution in [3.8, 4) is 5.69 Å². The summed E-state index contributed by atoms with van der Waals surface area (Å²) in [7, 11) is 0. The van der Waals surface area contributed by atoms with Crippen LogP contribution in [-0.2, 0) is 0 Å². The highest BCUT2D eigenvalue weighted by Crippen LogP contribution is 2.19. The maximum atomic E-state index is 12.3. The minimum Gasteiger partial charge on any atom is -0.396 e. The van der Waals surface area contributed by atoms with Gasteiger partial charge in [0.1, 0.15) is 0 Å². The molecule has 0 aromatic carbocycles. The largest absolute Gasteiger partial charge is 0.396 e. The van der Waals surface area contributed by atoms with E-state index in [9.17, 15) is 4.79 Å². The van der Waals surface area contributed by atoms with Gasteiger partial charge in [-0.1, -0.05) is 13.8 Å². The summed E-state index contributed by atoms with van der Waals surface area (Å²) in [5.41, 5.74) is 2.06. The lowest BCUT2D eigenvalue weighted by atomic mass is 9.89. The van der Waals surface area contributed by atoms with Crippen molar-refractivity contribution in [2.24, 2.45) is 5.41 Å². The molecule has 2 aromatic rings. The number of aliphatic hydroxyl groups is 1. The standard InChI is InChI=1S/C16H22N4O2/c1-12-14(15(22)18-11-16(2,3)6-9-21)10-19-20(12)13-4-7-17-8-5-13/h4-5,7-8,10,21H,6,9,11H2,1-3H3,(H,18,22). The van der Waals surface area contributed by atoms with Crippen LogP contribution < -0.4 is 5.32 Å². The molecule has 0 aliphatic carbocycles. The zero-order valence-corrected chi connectivity index (χ0v) is 13.2. The van der Waals surface area contributed by atoms with Gasteiger partial charge in [0, 0.05) is 25.5 Å². The number of pyridine rings is 1. The van der Waals surface area contributed by atoms with Crippen molar-refractivity contribution in [1.29, 1.82) is 0 Å². The summed E-state index contributed by atoms with van der Waals surface area (Å²) < 4.78 is 1.72. The summed E-state index contributed by atoms with van der Waals surface area (Å²) in [5, 5.41) is 16.2. The lowest BCUT2D eigenvalue weighted by Crippen LogP contribution is -2.34. The fourth-order valence-corrected chi connectivity index (χ4v) is 2.18. The number of rotatable bonds is 6. The molecule has 0 fully saturated rings. The molecule has 0 aliphatic rings. The van der Waals surface area contributed by atoms with E-state index in [1.165, 1.54) is 0 Å². The molecule has 0 radical (unpaired) electrons. The van der Waals surface area contributed by atoms with Gasteiger partial charge in [-0.25, -0.2) is 4.68 Å².